The monoisotopic (exact) mass is 479 g/mol. The minimum atomic E-state index is -0.490. The first-order chi connectivity index (χ1) is 16.4. The molecule has 1 unspecified atom stereocenters. The number of anilines is 1. The van der Waals surface area contributed by atoms with Gasteiger partial charge in [-0.1, -0.05) is 17.8 Å². The zero-order valence-corrected chi connectivity index (χ0v) is 20.3. The van der Waals surface area contributed by atoms with E-state index in [9.17, 15) is 14.4 Å². The molecule has 34 heavy (non-hydrogen) atoms. The number of benzene rings is 1. The molecule has 2 aromatic rings. The van der Waals surface area contributed by atoms with Gasteiger partial charge in [0.25, 0.3) is 11.8 Å². The third-order valence-corrected chi connectivity index (χ3v) is 6.80. The number of amides is 2. The van der Waals surface area contributed by atoms with Crippen LogP contribution in [0.15, 0.2) is 58.6 Å². The van der Waals surface area contributed by atoms with Crippen LogP contribution in [0.25, 0.3) is 0 Å². The Morgan fingerprint density at radius 3 is 2.56 bits per heavy atom. The second-order valence-electron chi connectivity index (χ2n) is 8.67. The number of thioether (sulfide) groups is 1. The van der Waals surface area contributed by atoms with Gasteiger partial charge in [0.1, 0.15) is 10.7 Å². The molecular formula is C25H29N5O3S. The molecule has 8 nitrogen and oxygen atoms in total. The number of carbonyl (C=O) groups excluding carboxylic acids is 3. The van der Waals surface area contributed by atoms with E-state index in [0.29, 0.717) is 16.7 Å². The number of amidine groups is 1. The fourth-order valence-corrected chi connectivity index (χ4v) is 5.04. The van der Waals surface area contributed by atoms with E-state index in [1.165, 1.54) is 22.7 Å². The number of pyridine rings is 1. The predicted molar refractivity (Wildman–Crippen MR) is 134 cm³/mol. The molecule has 1 aromatic heterocycles. The average molecular weight is 480 g/mol. The van der Waals surface area contributed by atoms with Crippen LogP contribution in [0.3, 0.4) is 0 Å². The lowest BCUT2D eigenvalue weighted by molar-refractivity contribution is -0.121. The topological polar surface area (TPSA) is 96.1 Å². The molecular weight excluding hydrogens is 450 g/mol. The quantitative estimate of drug-likeness (QED) is 0.710. The van der Waals surface area contributed by atoms with Crippen molar-refractivity contribution >= 4 is 40.3 Å². The van der Waals surface area contributed by atoms with E-state index in [-0.39, 0.29) is 30.2 Å². The number of rotatable bonds is 5. The van der Waals surface area contributed by atoms with Crippen LogP contribution < -0.4 is 10.8 Å². The SMILES string of the molecule is CC(C)N=c1ccccn1C(=O)c1ccc(NC(=O)CC2SC(N3CCCCC3)=NC2=O)cc1. The molecule has 1 saturated heterocycles. The number of hydrogen-bond acceptors (Lipinski definition) is 6. The van der Waals surface area contributed by atoms with Gasteiger partial charge >= 0.3 is 0 Å². The molecule has 9 heteroatoms. The van der Waals surface area contributed by atoms with Crippen LogP contribution in [0, 0.1) is 0 Å². The van der Waals surface area contributed by atoms with E-state index < -0.39 is 5.25 Å². The molecule has 1 atom stereocenters. The number of nitrogens with zero attached hydrogens (tertiary/aromatic N) is 4. The molecule has 4 rings (SSSR count). The Kier molecular flexibility index (Phi) is 7.62. The highest BCUT2D eigenvalue weighted by atomic mass is 32.2. The average Bonchev–Trinajstić information content (AvgIpc) is 3.19. The Hall–Kier alpha value is -3.20. The van der Waals surface area contributed by atoms with E-state index in [2.05, 4.69) is 20.2 Å². The maximum atomic E-state index is 13.0. The second-order valence-corrected chi connectivity index (χ2v) is 9.84. The lowest BCUT2D eigenvalue weighted by Gasteiger charge is -2.27. The lowest BCUT2D eigenvalue weighted by Crippen LogP contribution is -2.33. The van der Waals surface area contributed by atoms with Gasteiger partial charge in [0, 0.05) is 43.0 Å². The maximum absolute atomic E-state index is 13.0. The summed E-state index contributed by atoms with van der Waals surface area (Å²) in [5.41, 5.74) is 1.64. The summed E-state index contributed by atoms with van der Waals surface area (Å²) < 4.78 is 1.51. The third-order valence-electron chi connectivity index (χ3n) is 5.59. The van der Waals surface area contributed by atoms with Crippen molar-refractivity contribution in [3.8, 4) is 0 Å². The Morgan fingerprint density at radius 2 is 1.85 bits per heavy atom. The number of likely N-dealkylation sites (tertiary alicyclic amines) is 1. The molecule has 1 fully saturated rings. The summed E-state index contributed by atoms with van der Waals surface area (Å²) in [7, 11) is 0. The maximum Gasteiger partial charge on any atom is 0.263 e. The van der Waals surface area contributed by atoms with Crippen LogP contribution in [-0.4, -0.2) is 56.7 Å². The van der Waals surface area contributed by atoms with Gasteiger partial charge in [-0.2, -0.15) is 4.99 Å². The van der Waals surface area contributed by atoms with Crippen molar-refractivity contribution in [1.82, 2.24) is 9.47 Å². The molecule has 0 radical (unpaired) electrons. The summed E-state index contributed by atoms with van der Waals surface area (Å²) in [4.78, 5) is 48.6. The summed E-state index contributed by atoms with van der Waals surface area (Å²) in [6.45, 7) is 5.74. The van der Waals surface area contributed by atoms with Crippen molar-refractivity contribution in [3.63, 3.8) is 0 Å². The first-order valence-electron chi connectivity index (χ1n) is 11.6. The smallest absolute Gasteiger partial charge is 0.263 e. The summed E-state index contributed by atoms with van der Waals surface area (Å²) in [6.07, 6.45) is 5.17. The van der Waals surface area contributed by atoms with Gasteiger partial charge in [-0.3, -0.25) is 23.9 Å². The molecule has 0 bridgehead atoms. The van der Waals surface area contributed by atoms with E-state index >= 15 is 0 Å². The van der Waals surface area contributed by atoms with Gasteiger partial charge in [-0.05, 0) is 69.5 Å². The number of hydrogen-bond donors (Lipinski definition) is 1. The highest BCUT2D eigenvalue weighted by molar-refractivity contribution is 8.15. The molecule has 0 spiro atoms. The summed E-state index contributed by atoms with van der Waals surface area (Å²) in [5.74, 6) is -0.701. The van der Waals surface area contributed by atoms with Gasteiger partial charge in [0.05, 0.1) is 0 Å². The van der Waals surface area contributed by atoms with Crippen LogP contribution in [0.1, 0.15) is 49.9 Å². The van der Waals surface area contributed by atoms with Gasteiger partial charge < -0.3 is 10.2 Å². The minimum Gasteiger partial charge on any atom is -0.351 e. The van der Waals surface area contributed by atoms with Crippen molar-refractivity contribution in [1.29, 1.82) is 0 Å². The summed E-state index contributed by atoms with van der Waals surface area (Å²) in [6, 6.07) is 12.2. The van der Waals surface area contributed by atoms with Crippen LogP contribution >= 0.6 is 11.8 Å². The molecule has 178 valence electrons. The zero-order valence-electron chi connectivity index (χ0n) is 19.4. The first kappa shape index (κ1) is 23.9. The van der Waals surface area contributed by atoms with Crippen molar-refractivity contribution in [3.05, 3.63) is 59.7 Å². The standard InChI is InChI=1S/C25H29N5O3S/c1-17(2)26-21-8-4-7-15-30(21)24(33)18-9-11-19(12-10-18)27-22(31)16-20-23(32)28-25(34-20)29-13-5-3-6-14-29/h4,7-12,15,17,20H,3,5-6,13-14,16H2,1-2H3,(H,27,31). The molecule has 2 aliphatic rings. The normalized spacial score (nSPS) is 18.9. The van der Waals surface area contributed by atoms with E-state index in [4.69, 9.17) is 0 Å². The number of aliphatic imine (C=N–C) groups is 1. The Balaban J connectivity index is 1.36. The fourth-order valence-electron chi connectivity index (χ4n) is 3.92. The van der Waals surface area contributed by atoms with Gasteiger partial charge in [-0.15, -0.1) is 0 Å². The van der Waals surface area contributed by atoms with E-state index in [1.807, 2.05) is 19.9 Å². The second kappa shape index (κ2) is 10.8. The van der Waals surface area contributed by atoms with E-state index in [0.717, 1.165) is 31.1 Å². The first-order valence-corrected chi connectivity index (χ1v) is 12.5. The largest absolute Gasteiger partial charge is 0.351 e. The van der Waals surface area contributed by atoms with Crippen LogP contribution in [0.2, 0.25) is 0 Å². The predicted octanol–water partition coefficient (Wildman–Crippen LogP) is 3.30. The summed E-state index contributed by atoms with van der Waals surface area (Å²) in [5, 5.41) is 3.07. The van der Waals surface area contributed by atoms with Gasteiger partial charge in [0.2, 0.25) is 5.91 Å². The van der Waals surface area contributed by atoms with Gasteiger partial charge in [0.15, 0.2) is 5.17 Å². The number of piperidine rings is 1. The molecule has 1 aromatic carbocycles. The Labute approximate surface area is 203 Å². The zero-order chi connectivity index (χ0) is 24.1. The minimum absolute atomic E-state index is 0.0604. The Morgan fingerprint density at radius 1 is 1.12 bits per heavy atom. The number of aromatic nitrogens is 1. The molecule has 2 aliphatic heterocycles. The summed E-state index contributed by atoms with van der Waals surface area (Å²) >= 11 is 1.38. The molecule has 3 heterocycles. The Bertz CT molecular complexity index is 1160. The van der Waals surface area contributed by atoms with Crippen LogP contribution in [-0.2, 0) is 9.59 Å². The van der Waals surface area contributed by atoms with Crippen molar-refractivity contribution < 1.29 is 14.4 Å². The van der Waals surface area contributed by atoms with Gasteiger partial charge in [-0.25, -0.2) is 0 Å². The van der Waals surface area contributed by atoms with Crippen LogP contribution in [0.4, 0.5) is 5.69 Å². The molecule has 0 saturated carbocycles. The molecule has 2 amide bonds. The highest BCUT2D eigenvalue weighted by Crippen LogP contribution is 2.29. The van der Waals surface area contributed by atoms with Crippen molar-refractivity contribution in [2.75, 3.05) is 18.4 Å². The molecule has 0 aliphatic carbocycles. The fraction of sp³-hybridized carbons (Fsp3) is 0.400. The number of carbonyl (C=O) groups is 3. The highest BCUT2D eigenvalue weighted by Gasteiger charge is 2.33. The van der Waals surface area contributed by atoms with Crippen molar-refractivity contribution in [2.45, 2.75) is 50.8 Å². The third kappa shape index (κ3) is 5.83. The van der Waals surface area contributed by atoms with Crippen molar-refractivity contribution in [2.24, 2.45) is 9.98 Å². The van der Waals surface area contributed by atoms with E-state index in [1.54, 1.807) is 42.6 Å². The lowest BCUT2D eigenvalue weighted by atomic mass is 10.1. The van der Waals surface area contributed by atoms with Crippen LogP contribution in [0.5, 0.6) is 0 Å². The molecule has 1 N–H and O–H groups in total. The number of nitrogens with one attached hydrogen (secondary N) is 1.